The summed E-state index contributed by atoms with van der Waals surface area (Å²) >= 11 is 0. The highest BCUT2D eigenvalue weighted by Crippen LogP contribution is 2.38. The molecule has 0 spiro atoms. The van der Waals surface area contributed by atoms with Crippen molar-refractivity contribution in [1.82, 2.24) is 29.8 Å². The van der Waals surface area contributed by atoms with Gasteiger partial charge in [0.15, 0.2) is 0 Å². The van der Waals surface area contributed by atoms with Crippen molar-refractivity contribution in [3.8, 4) is 0 Å². The van der Waals surface area contributed by atoms with Crippen LogP contribution in [0.2, 0.25) is 0 Å². The summed E-state index contributed by atoms with van der Waals surface area (Å²) in [5, 5.41) is 4.72. The number of amides is 6. The van der Waals surface area contributed by atoms with Gasteiger partial charge in [0.1, 0.15) is 11.1 Å². The van der Waals surface area contributed by atoms with E-state index in [2.05, 4.69) is 50.9 Å². The van der Waals surface area contributed by atoms with Crippen molar-refractivity contribution in [2.45, 2.75) is 148 Å². The summed E-state index contributed by atoms with van der Waals surface area (Å²) in [5.74, 6) is -1.01. The van der Waals surface area contributed by atoms with Crippen molar-refractivity contribution >= 4 is 64.3 Å². The van der Waals surface area contributed by atoms with Gasteiger partial charge in [-0.25, -0.2) is 0 Å². The van der Waals surface area contributed by atoms with Crippen LogP contribution in [0.5, 0.6) is 0 Å². The third-order valence-corrected chi connectivity index (χ3v) is 15.8. The first-order valence-electron chi connectivity index (χ1n) is 23.8. The topological polar surface area (TPSA) is 183 Å². The minimum absolute atomic E-state index is 0.113. The van der Waals surface area contributed by atoms with Gasteiger partial charge in [0, 0.05) is 63.2 Å². The number of fused-ring (bicyclic) bond motifs is 2. The molecule has 15 nitrogen and oxygen atoms in total. The van der Waals surface area contributed by atoms with E-state index in [0.29, 0.717) is 43.0 Å². The summed E-state index contributed by atoms with van der Waals surface area (Å²) < 4.78 is 33.8. The second kappa shape index (κ2) is 23.5. The Hall–Kier alpha value is -4.43. The van der Waals surface area contributed by atoms with Gasteiger partial charge in [0.2, 0.25) is 11.8 Å². The Morgan fingerprint density at radius 3 is 1.50 bits per heavy atom. The smallest absolute Gasteiger partial charge is 0.297 e. The van der Waals surface area contributed by atoms with E-state index in [1.165, 1.54) is 5.56 Å². The van der Waals surface area contributed by atoms with Crippen LogP contribution in [0.1, 0.15) is 147 Å². The summed E-state index contributed by atoms with van der Waals surface area (Å²) in [6.07, 6.45) is 4.79. The van der Waals surface area contributed by atoms with E-state index in [1.807, 2.05) is 65.8 Å². The minimum atomic E-state index is -3.62. The first-order valence-corrected chi connectivity index (χ1v) is 26.3. The number of rotatable bonds is 6. The van der Waals surface area contributed by atoms with E-state index in [1.54, 1.807) is 47.9 Å². The van der Waals surface area contributed by atoms with Gasteiger partial charge >= 0.3 is 0 Å². The zero-order chi connectivity index (χ0) is 50.1. The second-order valence-corrected chi connectivity index (χ2v) is 21.1. The number of aryl methyl sites for hydroxylation is 2. The highest BCUT2D eigenvalue weighted by Gasteiger charge is 2.50. The van der Waals surface area contributed by atoms with Crippen LogP contribution in [0.15, 0.2) is 65.6 Å². The highest BCUT2D eigenvalue weighted by atomic mass is 32.2. The molecular formula is C50H70N6O9P2S. The molecule has 4 fully saturated rings. The molecule has 68 heavy (non-hydrogen) atoms. The molecule has 6 aliphatic rings. The maximum Gasteiger partial charge on any atom is 0.297 e. The largest absolute Gasteiger partial charge is 0.320 e. The average Bonchev–Trinajstić information content (AvgIpc) is 3.84. The average molecular weight is 993 g/mol. The molecule has 0 radical (unpaired) electrons. The first-order chi connectivity index (χ1) is 32.3. The Morgan fingerprint density at radius 1 is 0.603 bits per heavy atom. The molecule has 370 valence electrons. The molecule has 6 heterocycles. The highest BCUT2D eigenvalue weighted by molar-refractivity contribution is 7.86. The van der Waals surface area contributed by atoms with E-state index >= 15 is 0 Å². The summed E-state index contributed by atoms with van der Waals surface area (Å²) in [7, 11) is 1.77. The van der Waals surface area contributed by atoms with Crippen molar-refractivity contribution in [3.05, 3.63) is 99.6 Å². The van der Waals surface area contributed by atoms with Crippen molar-refractivity contribution in [2.75, 3.05) is 26.2 Å². The molecule has 4 saturated heterocycles. The van der Waals surface area contributed by atoms with Crippen LogP contribution in [-0.2, 0) is 46.6 Å². The van der Waals surface area contributed by atoms with Gasteiger partial charge in [-0.1, -0.05) is 94.0 Å². The van der Waals surface area contributed by atoms with Crippen molar-refractivity contribution in [1.29, 1.82) is 0 Å². The molecule has 0 bridgehead atoms. The monoisotopic (exact) mass is 992 g/mol. The minimum Gasteiger partial charge on any atom is -0.320 e. The number of carbonyl (C=O) groups is 6. The normalized spacial score (nSPS) is 23.3. The standard InChI is InChI=1S/C19H24N3O3P.C15H16N2O3.C12H18NO3PS.2C2H6/c1-19(7-4-16(23)20-18(19)25)22-11-14-10-13(2-3-15(14)17(22)24)12-5-8-21(26)9-6-12;1-9-3-4-11-10(7-9)8-17(13(11)19)15(2)6-5-12(18)16-14(15)20;1-10-2-4-12(5-3-10)18(14,15)16-11-6-8-13(17)9-7-11;2*1-2/h2-3,10,12H,4-9,11,26H2,1H3,(H,20,23,25);3-4,7H,5-6,8H2,1-2H3,(H,16,18,20);2-5,11H,6-9,17H2,1H3;2*1-2H3. The molecule has 3 aromatic rings. The van der Waals surface area contributed by atoms with Crippen LogP contribution in [0.4, 0.5) is 0 Å². The molecule has 0 aliphatic carbocycles. The maximum absolute atomic E-state index is 12.9. The molecule has 2 N–H and O–H groups in total. The van der Waals surface area contributed by atoms with Crippen molar-refractivity contribution in [3.63, 3.8) is 0 Å². The number of nitrogens with zero attached hydrogens (tertiary/aromatic N) is 4. The number of imide groups is 2. The third kappa shape index (κ3) is 12.5. The fourth-order valence-corrected chi connectivity index (χ4v) is 10.8. The zero-order valence-corrected chi connectivity index (χ0v) is 44.0. The molecule has 3 aromatic carbocycles. The Kier molecular flexibility index (Phi) is 18.8. The Labute approximate surface area is 407 Å². The number of nitrogens with one attached hydrogen (secondary N) is 2. The summed E-state index contributed by atoms with van der Waals surface area (Å²) in [6, 6.07) is 18.5. The number of benzene rings is 3. The van der Waals surface area contributed by atoms with Gasteiger partial charge < -0.3 is 9.80 Å². The first kappa shape index (κ1) is 54.5. The van der Waals surface area contributed by atoms with Crippen LogP contribution < -0.4 is 10.6 Å². The predicted octanol–water partition coefficient (Wildman–Crippen LogP) is 6.96. The van der Waals surface area contributed by atoms with E-state index in [9.17, 15) is 37.2 Å². The lowest BCUT2D eigenvalue weighted by molar-refractivity contribution is -0.143. The zero-order valence-electron chi connectivity index (χ0n) is 40.9. The third-order valence-electron chi connectivity index (χ3n) is 13.4. The molecule has 0 saturated carbocycles. The van der Waals surface area contributed by atoms with Gasteiger partial charge in [-0.15, -0.1) is 0 Å². The quantitative estimate of drug-likeness (QED) is 0.148. The molecule has 9 rings (SSSR count). The molecule has 6 amide bonds. The molecule has 4 atom stereocenters. The summed E-state index contributed by atoms with van der Waals surface area (Å²) in [6.45, 7) is 20.0. The number of piperidine rings is 4. The molecule has 18 heteroatoms. The number of carbonyl (C=O) groups excluding carboxylic acids is 6. The van der Waals surface area contributed by atoms with Gasteiger partial charge in [-0.05, 0) is 113 Å². The summed E-state index contributed by atoms with van der Waals surface area (Å²) in [5.41, 5.74) is 4.77. The second-order valence-electron chi connectivity index (χ2n) is 18.1. The van der Waals surface area contributed by atoms with Crippen LogP contribution in [0, 0.1) is 13.8 Å². The van der Waals surface area contributed by atoms with E-state index in [0.717, 1.165) is 74.1 Å². The Balaban J connectivity index is 0.000000187. The molecular weight excluding hydrogens is 923 g/mol. The van der Waals surface area contributed by atoms with Crippen LogP contribution in [0.3, 0.4) is 0 Å². The molecule has 0 aromatic heterocycles. The van der Waals surface area contributed by atoms with Crippen LogP contribution in [0.25, 0.3) is 0 Å². The van der Waals surface area contributed by atoms with E-state index in [4.69, 9.17) is 4.18 Å². The number of hydrogen-bond donors (Lipinski definition) is 2. The maximum atomic E-state index is 12.9. The van der Waals surface area contributed by atoms with Gasteiger partial charge in [0.25, 0.3) is 33.7 Å². The molecule has 4 unspecified atom stereocenters. The lowest BCUT2D eigenvalue weighted by Gasteiger charge is -2.39. The predicted molar refractivity (Wildman–Crippen MR) is 269 cm³/mol. The summed E-state index contributed by atoms with van der Waals surface area (Å²) in [4.78, 5) is 76.2. The van der Waals surface area contributed by atoms with Crippen molar-refractivity contribution < 1.29 is 41.4 Å². The van der Waals surface area contributed by atoms with Crippen LogP contribution in [-0.4, -0.2) is 106 Å². The van der Waals surface area contributed by atoms with Crippen LogP contribution >= 0.6 is 18.8 Å². The Morgan fingerprint density at radius 2 is 1.03 bits per heavy atom. The number of hydrogen-bond acceptors (Lipinski definition) is 11. The van der Waals surface area contributed by atoms with Gasteiger partial charge in [-0.3, -0.25) is 52.9 Å². The van der Waals surface area contributed by atoms with E-state index < -0.39 is 21.2 Å². The fourth-order valence-electron chi connectivity index (χ4n) is 9.09. The SMILES string of the molecule is CC.CC.CC1(N2Cc3cc(C4CCN(P)CC4)ccc3C2=O)CCC(=O)NC1=O.Cc1ccc(S(=O)(=O)OC2CCN(P)CC2)cc1.Cc1ccc2c(c1)CN(C1(C)CCC(=O)NC1=O)C2=O. The lowest BCUT2D eigenvalue weighted by atomic mass is 9.88. The Bertz CT molecular complexity index is 2460. The van der Waals surface area contributed by atoms with E-state index in [-0.39, 0.29) is 59.3 Å². The van der Waals surface area contributed by atoms with Gasteiger partial charge in [0.05, 0.1) is 11.0 Å². The van der Waals surface area contributed by atoms with Crippen molar-refractivity contribution in [2.24, 2.45) is 0 Å². The van der Waals surface area contributed by atoms with Gasteiger partial charge in [-0.2, -0.15) is 8.42 Å². The lowest BCUT2D eigenvalue weighted by Crippen LogP contribution is -2.61. The fraction of sp³-hybridized carbons (Fsp3) is 0.520. The molecule has 6 aliphatic heterocycles.